The summed E-state index contributed by atoms with van der Waals surface area (Å²) in [6.07, 6.45) is 0.784. The summed E-state index contributed by atoms with van der Waals surface area (Å²) >= 11 is 0. The summed E-state index contributed by atoms with van der Waals surface area (Å²) in [4.78, 5) is 12.8. The number of rotatable bonds is 5. The second-order valence-corrected chi connectivity index (χ2v) is 4.26. The molecule has 0 heterocycles. The number of likely N-dealkylation sites (N-methyl/N-ethyl adjacent to an activating group) is 1. The molecule has 1 atom stereocenters. The van der Waals surface area contributed by atoms with Gasteiger partial charge in [-0.2, -0.15) is 0 Å². The van der Waals surface area contributed by atoms with Gasteiger partial charge < -0.3 is 20.8 Å². The third-order valence-electron chi connectivity index (χ3n) is 2.54. The van der Waals surface area contributed by atoms with Gasteiger partial charge in [0.25, 0.3) is 0 Å². The van der Waals surface area contributed by atoms with Crippen LogP contribution in [0.1, 0.15) is 17.2 Å². The Hall–Kier alpha value is -1.59. The number of nitrogens with zero attached hydrogens (tertiary/aromatic N) is 1. The lowest BCUT2D eigenvalue weighted by atomic mass is 10.0. The number of carboxylic acids is 1. The van der Waals surface area contributed by atoms with E-state index in [1.807, 2.05) is 19.0 Å². The zero-order valence-corrected chi connectivity index (χ0v) is 10.1. The molecule has 1 aromatic carbocycles. The molecule has 94 valence electrons. The van der Waals surface area contributed by atoms with E-state index >= 15 is 0 Å². The van der Waals surface area contributed by atoms with Gasteiger partial charge in [-0.05, 0) is 38.2 Å². The first kappa shape index (κ1) is 13.5. The van der Waals surface area contributed by atoms with E-state index in [1.165, 1.54) is 6.07 Å². The number of hydrogen-bond acceptors (Lipinski definition) is 4. The van der Waals surface area contributed by atoms with Crippen LogP contribution in [0.4, 0.5) is 0 Å². The van der Waals surface area contributed by atoms with Gasteiger partial charge in [-0.1, -0.05) is 6.07 Å². The highest BCUT2D eigenvalue weighted by atomic mass is 16.4. The standard InChI is InChI=1S/C12H18N2O3/c1-14(2)6-5-8-3-4-10(15)9(7-8)11(13)12(16)17/h3-4,7,11,15H,5-6,13H2,1-2H3,(H,16,17). The molecule has 0 saturated heterocycles. The number of aromatic hydroxyl groups is 1. The van der Waals surface area contributed by atoms with Crippen LogP contribution in [0, 0.1) is 0 Å². The van der Waals surface area contributed by atoms with E-state index in [0.717, 1.165) is 18.5 Å². The minimum absolute atomic E-state index is 0.0755. The van der Waals surface area contributed by atoms with Gasteiger partial charge in [0.05, 0.1) is 0 Å². The zero-order valence-electron chi connectivity index (χ0n) is 10.1. The van der Waals surface area contributed by atoms with Crippen molar-refractivity contribution in [2.24, 2.45) is 5.73 Å². The Balaban J connectivity index is 2.90. The Morgan fingerprint density at radius 1 is 1.47 bits per heavy atom. The molecule has 5 heteroatoms. The summed E-state index contributed by atoms with van der Waals surface area (Å²) in [7, 11) is 3.93. The van der Waals surface area contributed by atoms with Crippen LogP contribution in [0.5, 0.6) is 5.75 Å². The van der Waals surface area contributed by atoms with Gasteiger partial charge in [0.1, 0.15) is 11.8 Å². The number of phenols is 1. The van der Waals surface area contributed by atoms with E-state index in [-0.39, 0.29) is 11.3 Å². The molecule has 0 fully saturated rings. The second kappa shape index (κ2) is 5.65. The first-order chi connectivity index (χ1) is 7.91. The Morgan fingerprint density at radius 2 is 2.12 bits per heavy atom. The molecule has 0 spiro atoms. The lowest BCUT2D eigenvalue weighted by Crippen LogP contribution is -2.21. The first-order valence-corrected chi connectivity index (χ1v) is 5.36. The largest absolute Gasteiger partial charge is 0.508 e. The van der Waals surface area contributed by atoms with Crippen molar-refractivity contribution in [1.82, 2.24) is 4.90 Å². The normalized spacial score (nSPS) is 12.7. The van der Waals surface area contributed by atoms with Crippen LogP contribution in [0.25, 0.3) is 0 Å². The van der Waals surface area contributed by atoms with Crippen molar-refractivity contribution < 1.29 is 15.0 Å². The van der Waals surface area contributed by atoms with Crippen LogP contribution in [0.2, 0.25) is 0 Å². The molecule has 1 unspecified atom stereocenters. The monoisotopic (exact) mass is 238 g/mol. The molecule has 0 saturated carbocycles. The highest BCUT2D eigenvalue weighted by molar-refractivity contribution is 5.76. The number of hydrogen-bond donors (Lipinski definition) is 3. The molecule has 5 nitrogen and oxygen atoms in total. The minimum Gasteiger partial charge on any atom is -0.508 e. The van der Waals surface area contributed by atoms with Gasteiger partial charge in [-0.25, -0.2) is 0 Å². The summed E-state index contributed by atoms with van der Waals surface area (Å²) in [6, 6.07) is 3.73. The Kier molecular flexibility index (Phi) is 4.48. The average molecular weight is 238 g/mol. The maximum absolute atomic E-state index is 10.8. The third-order valence-corrected chi connectivity index (χ3v) is 2.54. The predicted molar refractivity (Wildman–Crippen MR) is 64.9 cm³/mol. The van der Waals surface area contributed by atoms with E-state index in [1.54, 1.807) is 12.1 Å². The summed E-state index contributed by atoms with van der Waals surface area (Å²) < 4.78 is 0. The van der Waals surface area contributed by atoms with E-state index in [4.69, 9.17) is 10.8 Å². The Morgan fingerprint density at radius 3 is 2.65 bits per heavy atom. The van der Waals surface area contributed by atoms with Crippen LogP contribution in [-0.4, -0.2) is 41.7 Å². The molecule has 0 aliphatic rings. The van der Waals surface area contributed by atoms with Gasteiger partial charge in [0, 0.05) is 12.1 Å². The second-order valence-electron chi connectivity index (χ2n) is 4.26. The first-order valence-electron chi connectivity index (χ1n) is 5.36. The number of carbonyl (C=O) groups is 1. The summed E-state index contributed by atoms with van der Waals surface area (Å²) in [5.41, 5.74) is 6.71. The lowest BCUT2D eigenvalue weighted by Gasteiger charge is -2.13. The summed E-state index contributed by atoms with van der Waals surface area (Å²) in [5, 5.41) is 18.4. The van der Waals surface area contributed by atoms with Gasteiger partial charge in [0.15, 0.2) is 0 Å². The SMILES string of the molecule is CN(C)CCc1ccc(O)c(C(N)C(=O)O)c1. The smallest absolute Gasteiger partial charge is 0.325 e. The van der Waals surface area contributed by atoms with Crippen molar-refractivity contribution in [3.8, 4) is 5.75 Å². The van der Waals surface area contributed by atoms with Crippen molar-refractivity contribution in [2.45, 2.75) is 12.5 Å². The van der Waals surface area contributed by atoms with Crippen LogP contribution in [0.3, 0.4) is 0 Å². The molecule has 0 bridgehead atoms. The molecule has 1 aromatic rings. The Bertz CT molecular complexity index is 405. The molecule has 17 heavy (non-hydrogen) atoms. The van der Waals surface area contributed by atoms with Crippen LogP contribution in [0.15, 0.2) is 18.2 Å². The molecule has 0 amide bonds. The van der Waals surface area contributed by atoms with Gasteiger partial charge >= 0.3 is 5.97 Å². The van der Waals surface area contributed by atoms with Gasteiger partial charge in [-0.3, -0.25) is 4.79 Å². The number of benzene rings is 1. The third kappa shape index (κ3) is 3.72. The zero-order chi connectivity index (χ0) is 13.0. The van der Waals surface area contributed by atoms with Gasteiger partial charge in [0.2, 0.25) is 0 Å². The van der Waals surface area contributed by atoms with E-state index < -0.39 is 12.0 Å². The maximum atomic E-state index is 10.8. The fourth-order valence-corrected chi connectivity index (χ4v) is 1.49. The Labute approximate surface area is 100 Å². The number of carboxylic acid groups (broad SMARTS) is 1. The van der Waals surface area contributed by atoms with Crippen LogP contribution < -0.4 is 5.73 Å². The summed E-state index contributed by atoms with van der Waals surface area (Å²) in [6.45, 7) is 0.854. The predicted octanol–water partition coefficient (Wildman–Crippen LogP) is 0.581. The van der Waals surface area contributed by atoms with Crippen LogP contribution in [-0.2, 0) is 11.2 Å². The van der Waals surface area contributed by atoms with Crippen LogP contribution >= 0.6 is 0 Å². The van der Waals surface area contributed by atoms with Gasteiger partial charge in [-0.15, -0.1) is 0 Å². The van der Waals surface area contributed by atoms with Crippen molar-refractivity contribution in [1.29, 1.82) is 0 Å². The molecule has 0 aliphatic carbocycles. The highest BCUT2D eigenvalue weighted by Crippen LogP contribution is 2.24. The summed E-state index contributed by atoms with van der Waals surface area (Å²) in [5.74, 6) is -1.22. The van der Waals surface area contributed by atoms with Crippen molar-refractivity contribution in [2.75, 3.05) is 20.6 Å². The van der Waals surface area contributed by atoms with E-state index in [0.29, 0.717) is 0 Å². The number of phenolic OH excluding ortho intramolecular Hbond substituents is 1. The molecule has 4 N–H and O–H groups in total. The molecule has 1 rings (SSSR count). The van der Waals surface area contributed by atoms with Crippen molar-refractivity contribution >= 4 is 5.97 Å². The number of aliphatic carboxylic acids is 1. The fourth-order valence-electron chi connectivity index (χ4n) is 1.49. The molecule has 0 aromatic heterocycles. The average Bonchev–Trinajstić information content (AvgIpc) is 2.26. The topological polar surface area (TPSA) is 86.8 Å². The van der Waals surface area contributed by atoms with E-state index in [9.17, 15) is 9.90 Å². The lowest BCUT2D eigenvalue weighted by molar-refractivity contribution is -0.138. The van der Waals surface area contributed by atoms with Crippen molar-refractivity contribution in [3.05, 3.63) is 29.3 Å². The molecular formula is C12H18N2O3. The number of nitrogens with two attached hydrogens (primary N) is 1. The minimum atomic E-state index is -1.19. The fraction of sp³-hybridized carbons (Fsp3) is 0.417. The quantitative estimate of drug-likeness (QED) is 0.698. The van der Waals surface area contributed by atoms with E-state index in [2.05, 4.69) is 0 Å². The van der Waals surface area contributed by atoms with Crippen molar-refractivity contribution in [3.63, 3.8) is 0 Å². The molecule has 0 radical (unpaired) electrons. The highest BCUT2D eigenvalue weighted by Gasteiger charge is 2.18. The molecule has 0 aliphatic heterocycles. The molecular weight excluding hydrogens is 220 g/mol. The maximum Gasteiger partial charge on any atom is 0.325 e.